The van der Waals surface area contributed by atoms with E-state index in [9.17, 15) is 0 Å². The molecule has 1 aromatic rings. The highest BCUT2D eigenvalue weighted by Gasteiger charge is 2.41. The van der Waals surface area contributed by atoms with Gasteiger partial charge in [-0.1, -0.05) is 75.8 Å². The van der Waals surface area contributed by atoms with E-state index in [1.807, 2.05) is 13.8 Å². The molecule has 3 nitrogen and oxygen atoms in total. The van der Waals surface area contributed by atoms with E-state index in [2.05, 4.69) is 37.3 Å². The predicted molar refractivity (Wildman–Crippen MR) is 105 cm³/mol. The maximum atomic E-state index is 6.00. The molecule has 1 atom stereocenters. The molecule has 0 fully saturated rings. The molecule has 3 heteroatoms. The van der Waals surface area contributed by atoms with Gasteiger partial charge < -0.3 is 14.2 Å². The van der Waals surface area contributed by atoms with Gasteiger partial charge in [-0.05, 0) is 32.3 Å². The average Bonchev–Trinajstić information content (AvgIpc) is 2.64. The van der Waals surface area contributed by atoms with Gasteiger partial charge in [0.15, 0.2) is 0 Å². The lowest BCUT2D eigenvalue weighted by Crippen LogP contribution is -2.46. The van der Waals surface area contributed by atoms with Gasteiger partial charge in [-0.3, -0.25) is 0 Å². The molecule has 0 N–H and O–H groups in total. The van der Waals surface area contributed by atoms with Crippen molar-refractivity contribution in [3.63, 3.8) is 0 Å². The summed E-state index contributed by atoms with van der Waals surface area (Å²) < 4.78 is 17.8. The first-order chi connectivity index (χ1) is 12.2. The highest BCUT2D eigenvalue weighted by molar-refractivity contribution is 5.15. The Kier molecular flexibility index (Phi) is 11.8. The van der Waals surface area contributed by atoms with Gasteiger partial charge in [0.05, 0.1) is 0 Å². The Hall–Kier alpha value is -0.900. The van der Waals surface area contributed by atoms with Crippen molar-refractivity contribution in [2.75, 3.05) is 20.3 Å². The van der Waals surface area contributed by atoms with Crippen LogP contribution in [0.25, 0.3) is 0 Å². The summed E-state index contributed by atoms with van der Waals surface area (Å²) in [5.74, 6) is -0.756. The van der Waals surface area contributed by atoms with Crippen LogP contribution >= 0.6 is 0 Å². The van der Waals surface area contributed by atoms with Crippen LogP contribution < -0.4 is 0 Å². The van der Waals surface area contributed by atoms with Crippen LogP contribution in [0.5, 0.6) is 0 Å². The standard InChI is InChI=1S/C22H38O3/c1-5-8-9-10-11-15-18-21(19-20-16-13-12-14-17-20)22(23-4,24-6-2)25-7-3/h12-14,16-17,21H,5-11,15,18-19H2,1-4H3. The molecule has 0 aliphatic rings. The summed E-state index contributed by atoms with van der Waals surface area (Å²) in [7, 11) is 1.70. The third-order valence-corrected chi connectivity index (χ3v) is 4.71. The van der Waals surface area contributed by atoms with Crippen molar-refractivity contribution in [3.05, 3.63) is 35.9 Å². The van der Waals surface area contributed by atoms with Crippen molar-refractivity contribution in [1.82, 2.24) is 0 Å². The van der Waals surface area contributed by atoms with Gasteiger partial charge in [0.2, 0.25) is 0 Å². The first-order valence-electron chi connectivity index (χ1n) is 10.1. The van der Waals surface area contributed by atoms with Crippen LogP contribution in [0.4, 0.5) is 0 Å². The second-order valence-electron chi connectivity index (χ2n) is 6.62. The Balaban J connectivity index is 2.77. The molecule has 0 saturated heterocycles. The summed E-state index contributed by atoms with van der Waals surface area (Å²) in [6, 6.07) is 10.6. The minimum absolute atomic E-state index is 0.186. The third kappa shape index (κ3) is 7.89. The average molecular weight is 351 g/mol. The molecule has 1 rings (SSSR count). The monoisotopic (exact) mass is 350 g/mol. The van der Waals surface area contributed by atoms with E-state index in [0.717, 1.165) is 12.8 Å². The van der Waals surface area contributed by atoms with Gasteiger partial charge in [-0.25, -0.2) is 0 Å². The molecule has 0 heterocycles. The molecule has 25 heavy (non-hydrogen) atoms. The quantitative estimate of drug-likeness (QED) is 0.288. The van der Waals surface area contributed by atoms with Crippen molar-refractivity contribution in [1.29, 1.82) is 0 Å². The number of ether oxygens (including phenoxy) is 3. The van der Waals surface area contributed by atoms with E-state index in [1.165, 1.54) is 44.1 Å². The number of rotatable bonds is 15. The summed E-state index contributed by atoms with van der Waals surface area (Å²) >= 11 is 0. The smallest absolute Gasteiger partial charge is 0.285 e. The first kappa shape index (κ1) is 22.1. The SMILES string of the molecule is CCCCCCCCC(Cc1ccccc1)C(OC)(OCC)OCC. The lowest BCUT2D eigenvalue weighted by molar-refractivity contribution is -0.395. The highest BCUT2D eigenvalue weighted by Crippen LogP contribution is 2.32. The zero-order valence-electron chi connectivity index (χ0n) is 16.8. The van der Waals surface area contributed by atoms with Gasteiger partial charge in [0, 0.05) is 26.2 Å². The van der Waals surface area contributed by atoms with Crippen molar-refractivity contribution in [3.8, 4) is 0 Å². The molecule has 0 aromatic heterocycles. The highest BCUT2D eigenvalue weighted by atomic mass is 16.9. The van der Waals surface area contributed by atoms with Crippen LogP contribution in [0.1, 0.15) is 71.3 Å². The number of methoxy groups -OCH3 is 1. The van der Waals surface area contributed by atoms with Gasteiger partial charge in [-0.15, -0.1) is 0 Å². The molecule has 0 spiro atoms. The van der Waals surface area contributed by atoms with Crippen LogP contribution in [-0.4, -0.2) is 26.3 Å². The van der Waals surface area contributed by atoms with Crippen molar-refractivity contribution in [2.24, 2.45) is 5.92 Å². The second kappa shape index (κ2) is 13.3. The molecule has 0 saturated carbocycles. The van der Waals surface area contributed by atoms with Gasteiger partial charge in [0.25, 0.3) is 5.97 Å². The van der Waals surface area contributed by atoms with Crippen molar-refractivity contribution >= 4 is 0 Å². The molecule has 0 bridgehead atoms. The first-order valence-corrected chi connectivity index (χ1v) is 10.1. The minimum Gasteiger partial charge on any atom is -0.331 e. The Morgan fingerprint density at radius 2 is 1.44 bits per heavy atom. The molecule has 0 aliphatic carbocycles. The largest absolute Gasteiger partial charge is 0.331 e. The summed E-state index contributed by atoms with van der Waals surface area (Å²) in [4.78, 5) is 0. The Morgan fingerprint density at radius 3 is 2.00 bits per heavy atom. The van der Waals surface area contributed by atoms with Crippen LogP contribution in [0.3, 0.4) is 0 Å². The van der Waals surface area contributed by atoms with E-state index in [0.29, 0.717) is 13.2 Å². The minimum atomic E-state index is -0.942. The van der Waals surface area contributed by atoms with Gasteiger partial charge in [-0.2, -0.15) is 0 Å². The Bertz CT molecular complexity index is 413. The molecule has 0 aliphatic heterocycles. The number of hydrogen-bond acceptors (Lipinski definition) is 3. The van der Waals surface area contributed by atoms with Crippen LogP contribution in [0.2, 0.25) is 0 Å². The second-order valence-corrected chi connectivity index (χ2v) is 6.62. The topological polar surface area (TPSA) is 27.7 Å². The molecule has 1 unspecified atom stereocenters. The third-order valence-electron chi connectivity index (χ3n) is 4.71. The van der Waals surface area contributed by atoms with E-state index in [-0.39, 0.29) is 5.92 Å². The number of benzene rings is 1. The van der Waals surface area contributed by atoms with E-state index >= 15 is 0 Å². The summed E-state index contributed by atoms with van der Waals surface area (Å²) in [5.41, 5.74) is 1.30. The molecule has 0 amide bonds. The number of hydrogen-bond donors (Lipinski definition) is 0. The lowest BCUT2D eigenvalue weighted by atomic mass is 9.91. The Morgan fingerprint density at radius 1 is 0.840 bits per heavy atom. The molecular formula is C22H38O3. The summed E-state index contributed by atoms with van der Waals surface area (Å²) in [5, 5.41) is 0. The van der Waals surface area contributed by atoms with E-state index in [1.54, 1.807) is 7.11 Å². The zero-order valence-corrected chi connectivity index (χ0v) is 16.8. The fourth-order valence-electron chi connectivity index (χ4n) is 3.44. The normalized spacial score (nSPS) is 13.1. The van der Waals surface area contributed by atoms with Crippen LogP contribution in [0.15, 0.2) is 30.3 Å². The van der Waals surface area contributed by atoms with Crippen LogP contribution in [-0.2, 0) is 20.6 Å². The summed E-state index contributed by atoms with van der Waals surface area (Å²) in [6.07, 6.45) is 9.70. The predicted octanol–water partition coefficient (Wildman–Crippen LogP) is 5.97. The fourth-order valence-corrected chi connectivity index (χ4v) is 3.44. The lowest BCUT2D eigenvalue weighted by Gasteiger charge is -2.38. The molecule has 1 aromatic carbocycles. The van der Waals surface area contributed by atoms with Crippen LogP contribution in [0, 0.1) is 5.92 Å². The number of unbranched alkanes of at least 4 members (excludes halogenated alkanes) is 5. The maximum absolute atomic E-state index is 6.00. The van der Waals surface area contributed by atoms with Gasteiger partial charge in [0.1, 0.15) is 0 Å². The zero-order chi connectivity index (χ0) is 18.4. The fraction of sp³-hybridized carbons (Fsp3) is 0.727. The van der Waals surface area contributed by atoms with E-state index in [4.69, 9.17) is 14.2 Å². The van der Waals surface area contributed by atoms with Crippen molar-refractivity contribution < 1.29 is 14.2 Å². The Labute approximate surface area is 155 Å². The van der Waals surface area contributed by atoms with Crippen molar-refractivity contribution in [2.45, 2.75) is 78.1 Å². The maximum Gasteiger partial charge on any atom is 0.285 e. The molecule has 144 valence electrons. The van der Waals surface area contributed by atoms with E-state index < -0.39 is 5.97 Å². The van der Waals surface area contributed by atoms with Gasteiger partial charge >= 0.3 is 0 Å². The molecular weight excluding hydrogens is 312 g/mol. The molecule has 0 radical (unpaired) electrons. The summed E-state index contributed by atoms with van der Waals surface area (Å²) in [6.45, 7) is 7.41.